The van der Waals surface area contributed by atoms with Gasteiger partial charge in [0.05, 0.1) is 24.8 Å². The molecule has 0 spiro atoms. The second-order valence-electron chi connectivity index (χ2n) is 8.84. The molecule has 6 heteroatoms. The number of aryl methyl sites for hydroxylation is 2. The second kappa shape index (κ2) is 10.7. The fourth-order valence-corrected chi connectivity index (χ4v) is 4.39. The minimum atomic E-state index is -0.815. The fourth-order valence-electron chi connectivity index (χ4n) is 4.39. The molecular formula is C30H31NO5. The summed E-state index contributed by atoms with van der Waals surface area (Å²) in [5.41, 5.74) is 3.59. The fraction of sp³-hybridized carbons (Fsp3) is 0.267. The third-order valence-electron chi connectivity index (χ3n) is 6.15. The van der Waals surface area contributed by atoms with Crippen molar-refractivity contribution >= 4 is 23.1 Å². The summed E-state index contributed by atoms with van der Waals surface area (Å²) in [5.74, 6) is -0.303. The number of nitrogens with zero attached hydrogens (tertiary/aromatic N) is 1. The zero-order valence-corrected chi connectivity index (χ0v) is 21.1. The van der Waals surface area contributed by atoms with Crippen molar-refractivity contribution in [2.45, 2.75) is 40.2 Å². The minimum absolute atomic E-state index is 0.0378. The molecule has 1 aliphatic heterocycles. The van der Waals surface area contributed by atoms with E-state index in [4.69, 9.17) is 9.47 Å². The average Bonchev–Trinajstić information content (AvgIpc) is 3.14. The first-order valence-corrected chi connectivity index (χ1v) is 12.2. The molecule has 1 unspecified atom stereocenters. The van der Waals surface area contributed by atoms with E-state index in [1.807, 2.05) is 70.2 Å². The maximum Gasteiger partial charge on any atom is 0.300 e. The standard InChI is InChI=1S/C30H31NO5/c1-5-16-36-25-15-12-22(17-20(25)4)28(32)26-27(21-8-7-9-24(18-21)35-6-2)31(30(34)29(26)33)23-13-10-19(3)11-14-23/h7-15,17-18,27,32H,5-6,16H2,1-4H3/b28-26+. The molecule has 1 atom stereocenters. The number of aliphatic hydroxyl groups is 1. The van der Waals surface area contributed by atoms with Gasteiger partial charge in [0.1, 0.15) is 17.3 Å². The zero-order chi connectivity index (χ0) is 25.8. The lowest BCUT2D eigenvalue weighted by Gasteiger charge is -2.26. The molecule has 1 amide bonds. The smallest absolute Gasteiger partial charge is 0.300 e. The van der Waals surface area contributed by atoms with Crippen molar-refractivity contribution in [1.29, 1.82) is 0 Å². The van der Waals surface area contributed by atoms with Gasteiger partial charge >= 0.3 is 0 Å². The van der Waals surface area contributed by atoms with E-state index in [9.17, 15) is 14.7 Å². The lowest BCUT2D eigenvalue weighted by Crippen LogP contribution is -2.29. The first-order chi connectivity index (χ1) is 17.3. The van der Waals surface area contributed by atoms with Gasteiger partial charge in [-0.3, -0.25) is 14.5 Å². The number of benzene rings is 3. The van der Waals surface area contributed by atoms with Gasteiger partial charge in [-0.05, 0) is 80.8 Å². The van der Waals surface area contributed by atoms with Crippen LogP contribution < -0.4 is 14.4 Å². The molecule has 3 aromatic rings. The molecule has 1 N–H and O–H groups in total. The summed E-state index contributed by atoms with van der Waals surface area (Å²) < 4.78 is 11.4. The number of ketones is 1. The number of Topliss-reactive ketones (excluding diaryl/α,β-unsaturated/α-hetero) is 1. The predicted molar refractivity (Wildman–Crippen MR) is 141 cm³/mol. The first kappa shape index (κ1) is 25.0. The van der Waals surface area contributed by atoms with Crippen LogP contribution in [0.5, 0.6) is 11.5 Å². The number of ether oxygens (including phenoxy) is 2. The van der Waals surface area contributed by atoms with Crippen molar-refractivity contribution in [1.82, 2.24) is 0 Å². The van der Waals surface area contributed by atoms with Gasteiger partial charge in [-0.15, -0.1) is 0 Å². The maximum atomic E-state index is 13.4. The highest BCUT2D eigenvalue weighted by Gasteiger charge is 2.47. The Morgan fingerprint density at radius 1 is 0.944 bits per heavy atom. The number of aliphatic hydroxyl groups excluding tert-OH is 1. The normalized spacial score (nSPS) is 16.9. The van der Waals surface area contributed by atoms with Crippen molar-refractivity contribution < 1.29 is 24.2 Å². The third-order valence-corrected chi connectivity index (χ3v) is 6.15. The number of anilines is 1. The Hall–Kier alpha value is -4.06. The van der Waals surface area contributed by atoms with Crippen LogP contribution in [0.1, 0.15) is 48.6 Å². The molecular weight excluding hydrogens is 454 g/mol. The number of carbonyl (C=O) groups is 2. The van der Waals surface area contributed by atoms with E-state index in [2.05, 4.69) is 0 Å². The molecule has 0 aromatic heterocycles. The summed E-state index contributed by atoms with van der Waals surface area (Å²) >= 11 is 0. The largest absolute Gasteiger partial charge is 0.507 e. The SMILES string of the molecule is CCCOc1ccc(/C(O)=C2\C(=O)C(=O)N(c3ccc(C)cc3)C2c2cccc(OCC)c2)cc1C. The summed E-state index contributed by atoms with van der Waals surface area (Å²) in [4.78, 5) is 28.2. The highest BCUT2D eigenvalue weighted by molar-refractivity contribution is 6.51. The number of rotatable bonds is 8. The van der Waals surface area contributed by atoms with E-state index < -0.39 is 17.7 Å². The van der Waals surface area contributed by atoms with E-state index in [0.717, 1.165) is 23.3 Å². The van der Waals surface area contributed by atoms with Crippen LogP contribution in [0.25, 0.3) is 5.76 Å². The molecule has 6 nitrogen and oxygen atoms in total. The van der Waals surface area contributed by atoms with Crippen molar-refractivity contribution in [2.24, 2.45) is 0 Å². The van der Waals surface area contributed by atoms with E-state index >= 15 is 0 Å². The predicted octanol–water partition coefficient (Wildman–Crippen LogP) is 6.12. The molecule has 1 fully saturated rings. The Balaban J connectivity index is 1.88. The molecule has 186 valence electrons. The molecule has 1 saturated heterocycles. The Kier molecular flexibility index (Phi) is 7.44. The Bertz CT molecular complexity index is 1310. The molecule has 1 aliphatic rings. The molecule has 0 saturated carbocycles. The molecule has 36 heavy (non-hydrogen) atoms. The second-order valence-corrected chi connectivity index (χ2v) is 8.84. The lowest BCUT2D eigenvalue weighted by atomic mass is 9.94. The topological polar surface area (TPSA) is 76.1 Å². The third kappa shape index (κ3) is 4.85. The summed E-state index contributed by atoms with van der Waals surface area (Å²) in [7, 11) is 0. The van der Waals surface area contributed by atoms with Crippen molar-refractivity contribution in [3.8, 4) is 11.5 Å². The maximum absolute atomic E-state index is 13.4. The van der Waals surface area contributed by atoms with Crippen LogP contribution in [0.3, 0.4) is 0 Å². The summed E-state index contributed by atoms with van der Waals surface area (Å²) in [5, 5.41) is 11.4. The van der Waals surface area contributed by atoms with Crippen LogP contribution in [0, 0.1) is 13.8 Å². The zero-order valence-electron chi connectivity index (χ0n) is 21.1. The van der Waals surface area contributed by atoms with E-state index in [-0.39, 0.29) is 11.3 Å². The van der Waals surface area contributed by atoms with Crippen LogP contribution in [-0.4, -0.2) is 30.0 Å². The highest BCUT2D eigenvalue weighted by atomic mass is 16.5. The van der Waals surface area contributed by atoms with Gasteiger partial charge in [-0.25, -0.2) is 0 Å². The summed E-state index contributed by atoms with van der Waals surface area (Å²) in [6.07, 6.45) is 0.879. The highest BCUT2D eigenvalue weighted by Crippen LogP contribution is 2.43. The molecule has 0 aliphatic carbocycles. The van der Waals surface area contributed by atoms with Crippen molar-refractivity contribution in [3.63, 3.8) is 0 Å². The molecule has 3 aromatic carbocycles. The summed E-state index contributed by atoms with van der Waals surface area (Å²) in [6.45, 7) is 8.83. The monoisotopic (exact) mass is 485 g/mol. The van der Waals surface area contributed by atoms with Gasteiger partial charge in [0.15, 0.2) is 0 Å². The lowest BCUT2D eigenvalue weighted by molar-refractivity contribution is -0.132. The van der Waals surface area contributed by atoms with Crippen LogP contribution in [-0.2, 0) is 9.59 Å². The molecule has 0 bridgehead atoms. The van der Waals surface area contributed by atoms with E-state index in [1.54, 1.807) is 24.3 Å². The number of carbonyl (C=O) groups excluding carboxylic acids is 2. The molecule has 0 radical (unpaired) electrons. The van der Waals surface area contributed by atoms with Crippen LogP contribution >= 0.6 is 0 Å². The van der Waals surface area contributed by atoms with Crippen LogP contribution in [0.2, 0.25) is 0 Å². The van der Waals surface area contributed by atoms with Crippen LogP contribution in [0.4, 0.5) is 5.69 Å². The van der Waals surface area contributed by atoms with Gasteiger partial charge in [0.2, 0.25) is 0 Å². The van der Waals surface area contributed by atoms with Gasteiger partial charge < -0.3 is 14.6 Å². The number of hydrogen-bond donors (Lipinski definition) is 1. The Morgan fingerprint density at radius 3 is 2.36 bits per heavy atom. The molecule has 4 rings (SSSR count). The van der Waals surface area contributed by atoms with E-state index in [0.29, 0.717) is 35.8 Å². The van der Waals surface area contributed by atoms with Crippen molar-refractivity contribution in [2.75, 3.05) is 18.1 Å². The Morgan fingerprint density at radius 2 is 1.69 bits per heavy atom. The van der Waals surface area contributed by atoms with Gasteiger partial charge in [0, 0.05) is 11.3 Å². The minimum Gasteiger partial charge on any atom is -0.507 e. The van der Waals surface area contributed by atoms with E-state index in [1.165, 1.54) is 4.90 Å². The van der Waals surface area contributed by atoms with Crippen LogP contribution in [0.15, 0.2) is 72.3 Å². The van der Waals surface area contributed by atoms with Gasteiger partial charge in [0.25, 0.3) is 11.7 Å². The molecule has 1 heterocycles. The average molecular weight is 486 g/mol. The van der Waals surface area contributed by atoms with Gasteiger partial charge in [-0.1, -0.05) is 36.8 Å². The van der Waals surface area contributed by atoms with Crippen molar-refractivity contribution in [3.05, 3.63) is 94.6 Å². The summed E-state index contributed by atoms with van der Waals surface area (Å²) in [6, 6.07) is 19.1. The Labute approximate surface area is 211 Å². The number of hydrogen-bond acceptors (Lipinski definition) is 5. The quantitative estimate of drug-likeness (QED) is 0.236. The first-order valence-electron chi connectivity index (χ1n) is 12.2. The number of amides is 1. The van der Waals surface area contributed by atoms with Gasteiger partial charge in [-0.2, -0.15) is 0 Å².